The third kappa shape index (κ3) is 3.13. The van der Waals surface area contributed by atoms with Crippen LogP contribution in [0, 0.1) is 23.2 Å². The van der Waals surface area contributed by atoms with Gasteiger partial charge in [-0.1, -0.05) is 13.8 Å². The summed E-state index contributed by atoms with van der Waals surface area (Å²) in [5.74, 6) is 1.47. The van der Waals surface area contributed by atoms with Gasteiger partial charge in [0.1, 0.15) is 6.04 Å². The molecule has 0 spiro atoms. The number of piperazine rings is 1. The van der Waals surface area contributed by atoms with Crippen LogP contribution < -0.4 is 0 Å². The Balaban J connectivity index is 1.47. The topological polar surface area (TPSA) is 50.6 Å². The normalized spacial score (nSPS) is 30.7. The summed E-state index contributed by atoms with van der Waals surface area (Å²) in [6.07, 6.45) is 3.95. The standard InChI is InChI=1S/C17H28N4O/c1-13(2)16(10-18)19-5-7-20(8-6-19)17(22)12-21-11-14-3-4-15(21)9-14/h13-16H,3-9,11-12H2,1-2H3/t14-,15-,16+/m0/s1. The molecule has 22 heavy (non-hydrogen) atoms. The van der Waals surface area contributed by atoms with Crippen LogP contribution in [-0.2, 0) is 4.79 Å². The Bertz CT molecular complexity index is 450. The van der Waals surface area contributed by atoms with Gasteiger partial charge in [-0.15, -0.1) is 0 Å². The number of rotatable bonds is 4. The van der Waals surface area contributed by atoms with Crippen LogP contribution in [0.1, 0.15) is 33.1 Å². The van der Waals surface area contributed by atoms with Gasteiger partial charge in [-0.25, -0.2) is 0 Å². The molecule has 0 aromatic rings. The zero-order valence-electron chi connectivity index (χ0n) is 13.9. The average Bonchev–Trinajstić information content (AvgIpc) is 3.11. The van der Waals surface area contributed by atoms with Crippen molar-refractivity contribution >= 4 is 5.91 Å². The molecule has 0 unspecified atom stereocenters. The van der Waals surface area contributed by atoms with Gasteiger partial charge in [-0.2, -0.15) is 5.26 Å². The Labute approximate surface area is 133 Å². The number of nitrogens with zero attached hydrogens (tertiary/aromatic N) is 4. The van der Waals surface area contributed by atoms with Crippen LogP contribution in [0.25, 0.3) is 0 Å². The predicted octanol–water partition coefficient (Wildman–Crippen LogP) is 1.16. The highest BCUT2D eigenvalue weighted by atomic mass is 16.2. The minimum Gasteiger partial charge on any atom is -0.339 e. The largest absolute Gasteiger partial charge is 0.339 e. The van der Waals surface area contributed by atoms with Crippen LogP contribution in [0.15, 0.2) is 0 Å². The quantitative estimate of drug-likeness (QED) is 0.782. The SMILES string of the molecule is CC(C)[C@@H](C#N)N1CCN(C(=O)CN2C[C@H]3CC[C@H]2C3)CC1. The summed E-state index contributed by atoms with van der Waals surface area (Å²) in [4.78, 5) is 19.1. The molecule has 2 aliphatic heterocycles. The highest BCUT2D eigenvalue weighted by Gasteiger charge is 2.39. The van der Waals surface area contributed by atoms with Gasteiger partial charge in [0.05, 0.1) is 12.6 Å². The third-order valence-electron chi connectivity index (χ3n) is 5.69. The number of hydrogen-bond acceptors (Lipinski definition) is 4. The van der Waals surface area contributed by atoms with Crippen LogP contribution in [0.3, 0.4) is 0 Å². The molecule has 5 nitrogen and oxygen atoms in total. The van der Waals surface area contributed by atoms with Crippen molar-refractivity contribution in [2.45, 2.75) is 45.2 Å². The lowest BCUT2D eigenvalue weighted by Gasteiger charge is -2.39. The lowest BCUT2D eigenvalue weighted by molar-refractivity contribution is -0.134. The number of hydrogen-bond donors (Lipinski definition) is 0. The van der Waals surface area contributed by atoms with Gasteiger partial charge in [0.2, 0.25) is 5.91 Å². The van der Waals surface area contributed by atoms with Crippen molar-refractivity contribution < 1.29 is 4.79 Å². The van der Waals surface area contributed by atoms with E-state index in [9.17, 15) is 10.1 Å². The first-order valence-electron chi connectivity index (χ1n) is 8.74. The van der Waals surface area contributed by atoms with Gasteiger partial charge in [0.25, 0.3) is 0 Å². The van der Waals surface area contributed by atoms with E-state index in [0.717, 1.165) is 38.6 Å². The maximum absolute atomic E-state index is 12.5. The van der Waals surface area contributed by atoms with E-state index in [4.69, 9.17) is 0 Å². The summed E-state index contributed by atoms with van der Waals surface area (Å²) >= 11 is 0. The van der Waals surface area contributed by atoms with E-state index in [1.807, 2.05) is 4.90 Å². The number of piperidine rings is 1. The van der Waals surface area contributed by atoms with Crippen LogP contribution in [-0.4, -0.2) is 72.0 Å². The molecule has 1 saturated carbocycles. The maximum Gasteiger partial charge on any atom is 0.236 e. The van der Waals surface area contributed by atoms with Crippen LogP contribution in [0.2, 0.25) is 0 Å². The van der Waals surface area contributed by atoms with E-state index in [0.29, 0.717) is 18.5 Å². The molecule has 0 aromatic carbocycles. The predicted molar refractivity (Wildman–Crippen MR) is 85.1 cm³/mol. The average molecular weight is 304 g/mol. The fraction of sp³-hybridized carbons (Fsp3) is 0.882. The molecular weight excluding hydrogens is 276 g/mol. The second-order valence-electron chi connectivity index (χ2n) is 7.50. The minimum absolute atomic E-state index is 0.0217. The second kappa shape index (κ2) is 6.55. The van der Waals surface area contributed by atoms with Crippen LogP contribution in [0.4, 0.5) is 0 Å². The van der Waals surface area contributed by atoms with E-state index in [1.165, 1.54) is 19.3 Å². The van der Waals surface area contributed by atoms with Crippen molar-refractivity contribution in [3.05, 3.63) is 0 Å². The van der Waals surface area contributed by atoms with E-state index in [-0.39, 0.29) is 11.9 Å². The molecule has 1 amide bonds. The van der Waals surface area contributed by atoms with Crippen molar-refractivity contribution in [2.75, 3.05) is 39.3 Å². The van der Waals surface area contributed by atoms with E-state index >= 15 is 0 Å². The van der Waals surface area contributed by atoms with E-state index in [2.05, 4.69) is 29.7 Å². The Morgan fingerprint density at radius 2 is 1.95 bits per heavy atom. The number of likely N-dealkylation sites (tertiary alicyclic amines) is 1. The van der Waals surface area contributed by atoms with Crippen LogP contribution >= 0.6 is 0 Å². The molecule has 3 aliphatic rings. The van der Waals surface area contributed by atoms with Gasteiger partial charge in [0.15, 0.2) is 0 Å². The summed E-state index contributed by atoms with van der Waals surface area (Å²) < 4.78 is 0. The van der Waals surface area contributed by atoms with Gasteiger partial charge >= 0.3 is 0 Å². The highest BCUT2D eigenvalue weighted by Crippen LogP contribution is 2.37. The van der Waals surface area contributed by atoms with Crippen molar-refractivity contribution in [3.63, 3.8) is 0 Å². The molecule has 1 aliphatic carbocycles. The Morgan fingerprint density at radius 1 is 1.23 bits per heavy atom. The fourth-order valence-corrected chi connectivity index (χ4v) is 4.40. The zero-order chi connectivity index (χ0) is 15.7. The lowest BCUT2D eigenvalue weighted by Crippen LogP contribution is -2.54. The number of fused-ring (bicyclic) bond motifs is 2. The van der Waals surface area contributed by atoms with Crippen molar-refractivity contribution in [1.82, 2.24) is 14.7 Å². The van der Waals surface area contributed by atoms with Gasteiger partial charge in [-0.3, -0.25) is 14.6 Å². The Kier molecular flexibility index (Phi) is 4.70. The van der Waals surface area contributed by atoms with Crippen molar-refractivity contribution in [1.29, 1.82) is 5.26 Å². The summed E-state index contributed by atoms with van der Waals surface area (Å²) in [5, 5.41) is 9.30. The smallest absolute Gasteiger partial charge is 0.236 e. The molecule has 0 aromatic heterocycles. The third-order valence-corrected chi connectivity index (χ3v) is 5.69. The van der Waals surface area contributed by atoms with E-state index in [1.54, 1.807) is 0 Å². The molecule has 3 rings (SSSR count). The number of carbonyl (C=O) groups excluding carboxylic acids is 1. The molecule has 122 valence electrons. The molecule has 0 radical (unpaired) electrons. The molecular formula is C17H28N4O. The van der Waals surface area contributed by atoms with Crippen molar-refractivity contribution in [3.8, 4) is 6.07 Å². The molecule has 3 atom stereocenters. The molecule has 3 fully saturated rings. The number of amides is 1. The highest BCUT2D eigenvalue weighted by molar-refractivity contribution is 5.78. The second-order valence-corrected chi connectivity index (χ2v) is 7.50. The molecule has 2 saturated heterocycles. The van der Waals surface area contributed by atoms with Crippen molar-refractivity contribution in [2.24, 2.45) is 11.8 Å². The molecule has 5 heteroatoms. The lowest BCUT2D eigenvalue weighted by atomic mass is 10.0. The summed E-state index contributed by atoms with van der Waals surface area (Å²) in [5.41, 5.74) is 0. The molecule has 2 bridgehead atoms. The zero-order valence-corrected chi connectivity index (χ0v) is 13.9. The van der Waals surface area contributed by atoms with Gasteiger partial charge < -0.3 is 4.90 Å². The number of carbonyl (C=O) groups is 1. The Morgan fingerprint density at radius 3 is 2.45 bits per heavy atom. The van der Waals surface area contributed by atoms with E-state index < -0.39 is 0 Å². The van der Waals surface area contributed by atoms with Gasteiger partial charge in [-0.05, 0) is 31.1 Å². The first kappa shape index (κ1) is 15.8. The summed E-state index contributed by atoms with van der Waals surface area (Å²) in [6.45, 7) is 9.11. The summed E-state index contributed by atoms with van der Waals surface area (Å²) in [7, 11) is 0. The van der Waals surface area contributed by atoms with Crippen LogP contribution in [0.5, 0.6) is 0 Å². The molecule has 2 heterocycles. The maximum atomic E-state index is 12.5. The fourth-order valence-electron chi connectivity index (χ4n) is 4.40. The minimum atomic E-state index is -0.0217. The first-order chi connectivity index (χ1) is 10.6. The monoisotopic (exact) mass is 304 g/mol. The van der Waals surface area contributed by atoms with Gasteiger partial charge in [0, 0.05) is 38.8 Å². The Hall–Kier alpha value is -1.12. The molecule has 0 N–H and O–H groups in total. The summed E-state index contributed by atoms with van der Waals surface area (Å²) in [6, 6.07) is 3.05. The first-order valence-corrected chi connectivity index (χ1v) is 8.74. The number of nitriles is 1.